The number of aliphatic hydroxyl groups excluding tert-OH is 1. The van der Waals surface area contributed by atoms with Crippen molar-refractivity contribution in [1.29, 1.82) is 0 Å². The van der Waals surface area contributed by atoms with Gasteiger partial charge < -0.3 is 5.11 Å². The fourth-order valence-electron chi connectivity index (χ4n) is 1.79. The number of unbranched alkanes of at least 4 members (excludes halogenated alkanes) is 9. The topological polar surface area (TPSA) is 20.2 Å². The third kappa shape index (κ3) is 14.0. The lowest BCUT2D eigenvalue weighted by atomic mass is 10.1. The first-order valence-electron chi connectivity index (χ1n) is 6.57. The van der Waals surface area contributed by atoms with Crippen LogP contribution >= 0.6 is 0 Å². The van der Waals surface area contributed by atoms with Gasteiger partial charge in [0.05, 0.1) is 6.10 Å². The summed E-state index contributed by atoms with van der Waals surface area (Å²) in [6, 6.07) is 0. The number of aliphatic hydroxyl groups is 1. The molecule has 1 N–H and O–H groups in total. The molecule has 0 aromatic heterocycles. The normalized spacial score (nSPS) is 13.0. The molecule has 1 unspecified atom stereocenters. The summed E-state index contributed by atoms with van der Waals surface area (Å²) in [5.41, 5.74) is 0. The molecule has 1 atom stereocenters. The number of rotatable bonds is 11. The van der Waals surface area contributed by atoms with Gasteiger partial charge in [0.15, 0.2) is 0 Å². The van der Waals surface area contributed by atoms with Crippen molar-refractivity contribution in [2.45, 2.75) is 76.7 Å². The lowest BCUT2D eigenvalue weighted by Crippen LogP contribution is -1.98. The summed E-state index contributed by atoms with van der Waals surface area (Å²) in [6.07, 6.45) is 13.5. The zero-order valence-corrected chi connectivity index (χ0v) is 10.2. The van der Waals surface area contributed by atoms with Gasteiger partial charge in [-0.05, 0) is 13.3 Å². The van der Waals surface area contributed by atoms with Crippen LogP contribution in [0.25, 0.3) is 0 Å². The molecule has 0 saturated heterocycles. The Labute approximate surface area is 96.3 Å². The zero-order chi connectivity index (χ0) is 11.4. The van der Waals surface area contributed by atoms with E-state index >= 15 is 0 Å². The highest BCUT2D eigenvalue weighted by Crippen LogP contribution is 2.11. The van der Waals surface area contributed by atoms with Crippen molar-refractivity contribution < 1.29 is 5.11 Å². The highest BCUT2D eigenvalue weighted by atomic mass is 16.3. The second kappa shape index (κ2) is 12.0. The van der Waals surface area contributed by atoms with Crippen LogP contribution in [-0.2, 0) is 0 Å². The molecular weight excluding hydrogens is 184 g/mol. The van der Waals surface area contributed by atoms with Crippen molar-refractivity contribution in [2.24, 2.45) is 0 Å². The van der Waals surface area contributed by atoms with E-state index in [4.69, 9.17) is 5.11 Å². The van der Waals surface area contributed by atoms with Crippen LogP contribution in [0.2, 0.25) is 0 Å². The molecule has 0 aliphatic rings. The van der Waals surface area contributed by atoms with Gasteiger partial charge in [0.25, 0.3) is 0 Å². The minimum absolute atomic E-state index is 0.354. The van der Waals surface area contributed by atoms with Gasteiger partial charge in [-0.3, -0.25) is 0 Å². The van der Waals surface area contributed by atoms with Crippen LogP contribution in [0, 0.1) is 13.8 Å². The van der Waals surface area contributed by atoms with Crippen LogP contribution in [0.4, 0.5) is 0 Å². The van der Waals surface area contributed by atoms with E-state index in [9.17, 15) is 0 Å². The van der Waals surface area contributed by atoms with Crippen molar-refractivity contribution in [3.63, 3.8) is 0 Å². The monoisotopic (exact) mass is 212 g/mol. The summed E-state index contributed by atoms with van der Waals surface area (Å²) in [5, 5.41) is 8.96. The summed E-state index contributed by atoms with van der Waals surface area (Å²) in [6.45, 7) is 7.41. The molecule has 90 valence electrons. The maximum Gasteiger partial charge on any atom is 0.0541 e. The minimum atomic E-state index is -0.354. The molecule has 0 aromatic rings. The standard InChI is InChI=1S/C14H28O/c1-3-4-5-6-7-8-9-10-11-12-13-14(2)15/h14-15H,1-13H2. The Morgan fingerprint density at radius 3 is 1.53 bits per heavy atom. The average molecular weight is 212 g/mol. The summed E-state index contributed by atoms with van der Waals surface area (Å²) < 4.78 is 0. The van der Waals surface area contributed by atoms with Crippen LogP contribution in [0.3, 0.4) is 0 Å². The predicted octanol–water partition coefficient (Wildman–Crippen LogP) is 4.31. The van der Waals surface area contributed by atoms with Crippen LogP contribution in [0.5, 0.6) is 0 Å². The van der Waals surface area contributed by atoms with Gasteiger partial charge in [0.1, 0.15) is 0 Å². The van der Waals surface area contributed by atoms with Crippen LogP contribution < -0.4 is 0 Å². The molecule has 0 bridgehead atoms. The minimum Gasteiger partial charge on any atom is -0.393 e. The van der Waals surface area contributed by atoms with E-state index in [0.29, 0.717) is 0 Å². The highest BCUT2D eigenvalue weighted by molar-refractivity contribution is 4.56. The van der Waals surface area contributed by atoms with Crippen LogP contribution in [0.15, 0.2) is 0 Å². The Morgan fingerprint density at radius 2 is 1.13 bits per heavy atom. The largest absolute Gasteiger partial charge is 0.393 e. The number of hydrogen-bond acceptors (Lipinski definition) is 1. The second-order valence-corrected chi connectivity index (χ2v) is 4.48. The van der Waals surface area contributed by atoms with E-state index in [0.717, 1.165) is 19.3 Å². The Morgan fingerprint density at radius 1 is 0.733 bits per heavy atom. The first kappa shape index (κ1) is 15.0. The van der Waals surface area contributed by atoms with E-state index in [2.05, 4.69) is 13.8 Å². The predicted molar refractivity (Wildman–Crippen MR) is 67.5 cm³/mol. The van der Waals surface area contributed by atoms with E-state index in [1.807, 2.05) is 0 Å². The summed E-state index contributed by atoms with van der Waals surface area (Å²) in [7, 11) is 0. The third-order valence-electron chi connectivity index (χ3n) is 2.79. The molecule has 0 aliphatic carbocycles. The molecule has 15 heavy (non-hydrogen) atoms. The van der Waals surface area contributed by atoms with Crippen molar-refractivity contribution in [3.05, 3.63) is 13.8 Å². The molecule has 0 saturated carbocycles. The fraction of sp³-hybridized carbons (Fsp3) is 0.857. The zero-order valence-electron chi connectivity index (χ0n) is 10.2. The van der Waals surface area contributed by atoms with E-state index in [1.54, 1.807) is 0 Å². The molecule has 1 heteroatoms. The molecule has 0 amide bonds. The molecule has 0 fully saturated rings. The molecule has 0 aromatic carbocycles. The summed E-state index contributed by atoms with van der Waals surface area (Å²) in [4.78, 5) is 0. The summed E-state index contributed by atoms with van der Waals surface area (Å²) in [5.74, 6) is 0. The van der Waals surface area contributed by atoms with Crippen LogP contribution in [0.1, 0.15) is 70.6 Å². The van der Waals surface area contributed by atoms with Gasteiger partial charge in [-0.1, -0.05) is 71.1 Å². The molecule has 1 nitrogen and oxygen atoms in total. The molecular formula is C14H28O. The van der Waals surface area contributed by atoms with E-state index < -0.39 is 0 Å². The van der Waals surface area contributed by atoms with Gasteiger partial charge in [0.2, 0.25) is 0 Å². The Balaban J connectivity index is 2.87. The van der Waals surface area contributed by atoms with Crippen molar-refractivity contribution in [1.82, 2.24) is 0 Å². The Bertz CT molecular complexity index is 110. The molecule has 0 rings (SSSR count). The first-order valence-corrected chi connectivity index (χ1v) is 6.57. The molecule has 2 radical (unpaired) electrons. The van der Waals surface area contributed by atoms with Gasteiger partial charge in [-0.15, -0.1) is 0 Å². The van der Waals surface area contributed by atoms with Gasteiger partial charge in [-0.25, -0.2) is 0 Å². The van der Waals surface area contributed by atoms with Gasteiger partial charge in [-0.2, -0.15) is 0 Å². The lowest BCUT2D eigenvalue weighted by Gasteiger charge is -2.03. The molecule has 0 aliphatic heterocycles. The third-order valence-corrected chi connectivity index (χ3v) is 2.79. The molecule has 0 heterocycles. The fourth-order valence-corrected chi connectivity index (χ4v) is 1.79. The van der Waals surface area contributed by atoms with Crippen molar-refractivity contribution in [3.8, 4) is 0 Å². The summed E-state index contributed by atoms with van der Waals surface area (Å²) >= 11 is 0. The van der Waals surface area contributed by atoms with Gasteiger partial charge in [0, 0.05) is 0 Å². The smallest absolute Gasteiger partial charge is 0.0541 e. The SMILES string of the molecule is [CH2]CCCCCCCCCCCC([CH2])O. The average Bonchev–Trinajstić information content (AvgIpc) is 2.20. The van der Waals surface area contributed by atoms with Crippen molar-refractivity contribution >= 4 is 0 Å². The quantitative estimate of drug-likeness (QED) is 0.506. The van der Waals surface area contributed by atoms with Crippen molar-refractivity contribution in [2.75, 3.05) is 0 Å². The van der Waals surface area contributed by atoms with E-state index in [1.165, 1.54) is 51.4 Å². The number of hydrogen-bond donors (Lipinski definition) is 1. The Hall–Kier alpha value is -0.0400. The Kier molecular flexibility index (Phi) is 12.0. The first-order chi connectivity index (χ1) is 7.27. The lowest BCUT2D eigenvalue weighted by molar-refractivity contribution is 0.205. The maximum atomic E-state index is 8.96. The second-order valence-electron chi connectivity index (χ2n) is 4.48. The van der Waals surface area contributed by atoms with Gasteiger partial charge >= 0.3 is 0 Å². The van der Waals surface area contributed by atoms with Crippen LogP contribution in [-0.4, -0.2) is 11.2 Å². The maximum absolute atomic E-state index is 8.96. The highest BCUT2D eigenvalue weighted by Gasteiger charge is 1.95. The molecule has 0 spiro atoms. The van der Waals surface area contributed by atoms with E-state index in [-0.39, 0.29) is 6.10 Å².